The summed E-state index contributed by atoms with van der Waals surface area (Å²) < 4.78 is 26.0. The Hall–Kier alpha value is -2.54. The molecule has 0 aliphatic carbocycles. The van der Waals surface area contributed by atoms with Crippen LogP contribution in [0.15, 0.2) is 42.6 Å². The van der Waals surface area contributed by atoms with Gasteiger partial charge in [-0.05, 0) is 35.9 Å². The molecule has 0 saturated carbocycles. The summed E-state index contributed by atoms with van der Waals surface area (Å²) in [7, 11) is 0. The largest absolute Gasteiger partial charge is 0.256 e. The second kappa shape index (κ2) is 5.19. The first-order chi connectivity index (χ1) is 8.69. The van der Waals surface area contributed by atoms with Crippen molar-refractivity contribution in [3.05, 3.63) is 65.5 Å². The van der Waals surface area contributed by atoms with Crippen LogP contribution in [0.25, 0.3) is 11.6 Å². The fourth-order valence-electron chi connectivity index (χ4n) is 1.51. The van der Waals surface area contributed by atoms with Crippen molar-refractivity contribution in [1.29, 1.82) is 5.26 Å². The molecule has 2 rings (SSSR count). The van der Waals surface area contributed by atoms with Gasteiger partial charge in [0.25, 0.3) is 0 Å². The van der Waals surface area contributed by atoms with Gasteiger partial charge in [-0.3, -0.25) is 4.98 Å². The van der Waals surface area contributed by atoms with Crippen molar-refractivity contribution in [2.75, 3.05) is 0 Å². The fourth-order valence-corrected chi connectivity index (χ4v) is 1.51. The highest BCUT2D eigenvalue weighted by Crippen LogP contribution is 2.17. The Morgan fingerprint density at radius 1 is 1.17 bits per heavy atom. The Morgan fingerprint density at radius 3 is 2.44 bits per heavy atom. The van der Waals surface area contributed by atoms with E-state index < -0.39 is 11.6 Å². The number of benzene rings is 1. The molecular weight excluding hydrogens is 234 g/mol. The van der Waals surface area contributed by atoms with Crippen molar-refractivity contribution in [2.45, 2.75) is 0 Å². The molecule has 18 heavy (non-hydrogen) atoms. The summed E-state index contributed by atoms with van der Waals surface area (Å²) >= 11 is 0. The predicted molar refractivity (Wildman–Crippen MR) is 64.1 cm³/mol. The van der Waals surface area contributed by atoms with Crippen LogP contribution < -0.4 is 0 Å². The van der Waals surface area contributed by atoms with E-state index in [1.54, 1.807) is 24.4 Å². The van der Waals surface area contributed by atoms with E-state index in [0.717, 1.165) is 18.2 Å². The van der Waals surface area contributed by atoms with E-state index in [2.05, 4.69) is 4.98 Å². The first kappa shape index (κ1) is 11.9. The topological polar surface area (TPSA) is 36.7 Å². The number of allylic oxidation sites excluding steroid dienone is 1. The summed E-state index contributed by atoms with van der Waals surface area (Å²) in [6.45, 7) is 0. The van der Waals surface area contributed by atoms with Crippen LogP contribution in [-0.4, -0.2) is 4.98 Å². The van der Waals surface area contributed by atoms with Gasteiger partial charge in [0, 0.05) is 12.3 Å². The number of halogens is 2. The zero-order valence-corrected chi connectivity index (χ0v) is 9.27. The summed E-state index contributed by atoms with van der Waals surface area (Å²) in [5.74, 6) is -1.36. The Bertz CT molecular complexity index is 608. The molecule has 2 nitrogen and oxygen atoms in total. The summed E-state index contributed by atoms with van der Waals surface area (Å²) in [5, 5.41) is 9.03. The van der Waals surface area contributed by atoms with Crippen molar-refractivity contribution >= 4 is 11.6 Å². The lowest BCUT2D eigenvalue weighted by molar-refractivity contribution is 0.583. The SMILES string of the molecule is N#CC(=Cc1cc(F)cc(F)c1)c1ccccn1. The molecule has 1 heterocycles. The fraction of sp³-hybridized carbons (Fsp3) is 0. The van der Waals surface area contributed by atoms with Gasteiger partial charge in [-0.15, -0.1) is 0 Å². The van der Waals surface area contributed by atoms with Gasteiger partial charge in [0.1, 0.15) is 17.7 Å². The van der Waals surface area contributed by atoms with Gasteiger partial charge in [0.15, 0.2) is 0 Å². The molecule has 0 fully saturated rings. The standard InChI is InChI=1S/C14H8F2N2/c15-12-6-10(7-13(16)8-12)5-11(9-17)14-3-1-2-4-18-14/h1-8H. The Morgan fingerprint density at radius 2 is 1.89 bits per heavy atom. The molecule has 0 unspecified atom stereocenters. The molecule has 0 N–H and O–H groups in total. The monoisotopic (exact) mass is 242 g/mol. The molecule has 1 aromatic carbocycles. The molecule has 4 heteroatoms. The maximum absolute atomic E-state index is 13.0. The van der Waals surface area contributed by atoms with E-state index in [4.69, 9.17) is 5.26 Å². The molecule has 2 aromatic rings. The molecule has 1 aromatic heterocycles. The van der Waals surface area contributed by atoms with Gasteiger partial charge < -0.3 is 0 Å². The van der Waals surface area contributed by atoms with E-state index >= 15 is 0 Å². The summed E-state index contributed by atoms with van der Waals surface area (Å²) in [6.07, 6.45) is 2.95. The molecule has 0 atom stereocenters. The maximum Gasteiger partial charge on any atom is 0.126 e. The van der Waals surface area contributed by atoms with Crippen LogP contribution in [0.3, 0.4) is 0 Å². The van der Waals surface area contributed by atoms with Crippen LogP contribution >= 0.6 is 0 Å². The number of hydrogen-bond acceptors (Lipinski definition) is 2. The number of hydrogen-bond donors (Lipinski definition) is 0. The predicted octanol–water partition coefficient (Wildman–Crippen LogP) is 3.42. The van der Waals surface area contributed by atoms with E-state index in [-0.39, 0.29) is 11.1 Å². The molecule has 0 bridgehead atoms. The van der Waals surface area contributed by atoms with Crippen molar-refractivity contribution in [3.8, 4) is 6.07 Å². The average molecular weight is 242 g/mol. The van der Waals surface area contributed by atoms with E-state index in [1.807, 2.05) is 6.07 Å². The Balaban J connectivity index is 2.45. The molecule has 0 amide bonds. The van der Waals surface area contributed by atoms with Crippen molar-refractivity contribution in [3.63, 3.8) is 0 Å². The van der Waals surface area contributed by atoms with Gasteiger partial charge in [-0.25, -0.2) is 8.78 Å². The lowest BCUT2D eigenvalue weighted by atomic mass is 10.1. The van der Waals surface area contributed by atoms with Crippen LogP contribution in [-0.2, 0) is 0 Å². The molecule has 0 aliphatic heterocycles. The van der Waals surface area contributed by atoms with Crippen LogP contribution in [0.1, 0.15) is 11.3 Å². The van der Waals surface area contributed by atoms with Gasteiger partial charge in [-0.2, -0.15) is 5.26 Å². The van der Waals surface area contributed by atoms with E-state index in [0.29, 0.717) is 5.69 Å². The summed E-state index contributed by atoms with van der Waals surface area (Å²) in [6, 6.07) is 10.2. The minimum atomic E-state index is -0.681. The highest BCUT2D eigenvalue weighted by molar-refractivity contribution is 5.88. The zero-order valence-electron chi connectivity index (χ0n) is 9.27. The lowest BCUT2D eigenvalue weighted by Crippen LogP contribution is -1.87. The second-order valence-corrected chi connectivity index (χ2v) is 3.59. The minimum Gasteiger partial charge on any atom is -0.256 e. The zero-order chi connectivity index (χ0) is 13.0. The third-order valence-corrected chi connectivity index (χ3v) is 2.26. The molecule has 0 aliphatic rings. The van der Waals surface area contributed by atoms with Gasteiger partial charge in [0.05, 0.1) is 11.3 Å². The van der Waals surface area contributed by atoms with Gasteiger partial charge in [0.2, 0.25) is 0 Å². The smallest absolute Gasteiger partial charge is 0.126 e. The van der Waals surface area contributed by atoms with Crippen LogP contribution in [0, 0.1) is 23.0 Å². The first-order valence-corrected chi connectivity index (χ1v) is 5.18. The van der Waals surface area contributed by atoms with Crippen LogP contribution in [0.4, 0.5) is 8.78 Å². The van der Waals surface area contributed by atoms with Crippen LogP contribution in [0.5, 0.6) is 0 Å². The normalized spacial score (nSPS) is 11.1. The Labute approximate surface area is 103 Å². The highest BCUT2D eigenvalue weighted by atomic mass is 19.1. The van der Waals surface area contributed by atoms with E-state index in [1.165, 1.54) is 6.08 Å². The van der Waals surface area contributed by atoms with Crippen molar-refractivity contribution in [1.82, 2.24) is 4.98 Å². The summed E-state index contributed by atoms with van der Waals surface area (Å²) in [4.78, 5) is 4.01. The minimum absolute atomic E-state index is 0.251. The molecular formula is C14H8F2N2. The second-order valence-electron chi connectivity index (χ2n) is 3.59. The molecule has 88 valence electrons. The van der Waals surface area contributed by atoms with Crippen LogP contribution in [0.2, 0.25) is 0 Å². The highest BCUT2D eigenvalue weighted by Gasteiger charge is 2.03. The molecule has 0 spiro atoms. The quantitative estimate of drug-likeness (QED) is 0.756. The number of nitrogens with zero attached hydrogens (tertiary/aromatic N) is 2. The van der Waals surface area contributed by atoms with Gasteiger partial charge >= 0.3 is 0 Å². The Kier molecular flexibility index (Phi) is 3.44. The third kappa shape index (κ3) is 2.77. The number of pyridine rings is 1. The molecule has 0 radical (unpaired) electrons. The number of nitriles is 1. The average Bonchev–Trinajstić information content (AvgIpc) is 2.36. The van der Waals surface area contributed by atoms with Crippen molar-refractivity contribution < 1.29 is 8.78 Å². The number of rotatable bonds is 2. The third-order valence-electron chi connectivity index (χ3n) is 2.26. The van der Waals surface area contributed by atoms with Gasteiger partial charge in [-0.1, -0.05) is 6.07 Å². The van der Waals surface area contributed by atoms with Crippen molar-refractivity contribution in [2.24, 2.45) is 0 Å². The number of aromatic nitrogens is 1. The first-order valence-electron chi connectivity index (χ1n) is 5.18. The molecule has 0 saturated heterocycles. The van der Waals surface area contributed by atoms with E-state index in [9.17, 15) is 8.78 Å². The lowest BCUT2D eigenvalue weighted by Gasteiger charge is -1.99. The summed E-state index contributed by atoms with van der Waals surface area (Å²) in [5.41, 5.74) is 1.000. The maximum atomic E-state index is 13.0.